The van der Waals surface area contributed by atoms with Gasteiger partial charge >= 0.3 is 0 Å². The molecule has 0 spiro atoms. The standard InChI is InChI=1S/C31H29Cl2N3O4S/c1-34-31(38)29(19-23-9-4-2-5-10-23)35(21-24-15-17-25(32)18-16-24)30(37)22-36(27-12-8-11-26(33)20-27)41(39,40)28-13-6-3-7-14-28/h2-18,20,29H,19,21-22H2,1H3,(H,34,38)/t29-/m1/s1. The van der Waals surface area contributed by atoms with Crippen molar-refractivity contribution in [3.8, 4) is 0 Å². The van der Waals surface area contributed by atoms with Crippen LogP contribution in [0.2, 0.25) is 10.0 Å². The first-order valence-corrected chi connectivity index (χ1v) is 15.0. The number of amides is 2. The topological polar surface area (TPSA) is 86.8 Å². The van der Waals surface area contributed by atoms with Crippen LogP contribution in [0.3, 0.4) is 0 Å². The molecule has 0 unspecified atom stereocenters. The van der Waals surface area contributed by atoms with Gasteiger partial charge < -0.3 is 10.2 Å². The molecule has 4 aromatic carbocycles. The summed E-state index contributed by atoms with van der Waals surface area (Å²) in [6.45, 7) is -0.511. The molecule has 0 radical (unpaired) electrons. The Morgan fingerprint density at radius 3 is 2.02 bits per heavy atom. The highest BCUT2D eigenvalue weighted by molar-refractivity contribution is 7.92. The van der Waals surface area contributed by atoms with Crippen molar-refractivity contribution < 1.29 is 18.0 Å². The lowest BCUT2D eigenvalue weighted by Crippen LogP contribution is -2.53. The molecule has 4 aromatic rings. The number of rotatable bonds is 11. The van der Waals surface area contributed by atoms with E-state index in [1.807, 2.05) is 30.3 Å². The molecule has 0 aliphatic rings. The highest BCUT2D eigenvalue weighted by Gasteiger charge is 2.34. The van der Waals surface area contributed by atoms with E-state index in [1.54, 1.807) is 60.7 Å². The van der Waals surface area contributed by atoms with E-state index in [0.29, 0.717) is 10.0 Å². The Kier molecular flexibility index (Phi) is 10.0. The minimum absolute atomic E-state index is 0.0177. The van der Waals surface area contributed by atoms with Gasteiger partial charge in [-0.05, 0) is 53.6 Å². The van der Waals surface area contributed by atoms with Crippen LogP contribution in [0.15, 0.2) is 114 Å². The molecule has 7 nitrogen and oxygen atoms in total. The summed E-state index contributed by atoms with van der Waals surface area (Å²) in [5.41, 5.74) is 1.80. The minimum Gasteiger partial charge on any atom is -0.357 e. The first-order valence-electron chi connectivity index (χ1n) is 12.8. The number of nitrogens with zero attached hydrogens (tertiary/aromatic N) is 2. The minimum atomic E-state index is -4.18. The van der Waals surface area contributed by atoms with Gasteiger partial charge in [0.2, 0.25) is 11.8 Å². The molecule has 4 rings (SSSR count). The Labute approximate surface area is 250 Å². The summed E-state index contributed by atoms with van der Waals surface area (Å²) in [6, 6.07) is 29.5. The molecule has 0 heterocycles. The van der Waals surface area contributed by atoms with Crippen LogP contribution in [-0.2, 0) is 32.6 Å². The van der Waals surface area contributed by atoms with E-state index in [4.69, 9.17) is 23.2 Å². The Bertz CT molecular complexity index is 1580. The number of halogens is 2. The number of likely N-dealkylation sites (N-methyl/N-ethyl adjacent to an activating group) is 1. The molecular weight excluding hydrogens is 581 g/mol. The van der Waals surface area contributed by atoms with Gasteiger partial charge in [-0.3, -0.25) is 13.9 Å². The maximum Gasteiger partial charge on any atom is 0.264 e. The van der Waals surface area contributed by atoms with E-state index in [1.165, 1.54) is 30.1 Å². The fraction of sp³-hybridized carbons (Fsp3) is 0.161. The second kappa shape index (κ2) is 13.7. The fourth-order valence-electron chi connectivity index (χ4n) is 4.39. The highest BCUT2D eigenvalue weighted by atomic mass is 35.5. The number of hydrogen-bond donors (Lipinski definition) is 1. The first kappa shape index (κ1) is 30.1. The zero-order chi connectivity index (χ0) is 29.4. The molecule has 0 aliphatic heterocycles. The number of carbonyl (C=O) groups is 2. The van der Waals surface area contributed by atoms with E-state index in [9.17, 15) is 18.0 Å². The van der Waals surface area contributed by atoms with Gasteiger partial charge in [0.15, 0.2) is 0 Å². The van der Waals surface area contributed by atoms with E-state index >= 15 is 0 Å². The Balaban J connectivity index is 1.78. The SMILES string of the molecule is CNC(=O)[C@@H](Cc1ccccc1)N(Cc1ccc(Cl)cc1)C(=O)CN(c1cccc(Cl)c1)S(=O)(=O)c1ccccc1. The summed E-state index contributed by atoms with van der Waals surface area (Å²) < 4.78 is 28.8. The normalized spacial score (nSPS) is 11.9. The number of nitrogens with one attached hydrogen (secondary N) is 1. The zero-order valence-electron chi connectivity index (χ0n) is 22.3. The molecule has 0 saturated carbocycles. The van der Waals surface area contributed by atoms with Crippen LogP contribution in [0.5, 0.6) is 0 Å². The number of anilines is 1. The molecule has 41 heavy (non-hydrogen) atoms. The third-order valence-corrected chi connectivity index (χ3v) is 8.77. The van der Waals surface area contributed by atoms with Gasteiger partial charge in [-0.1, -0.05) is 89.9 Å². The summed E-state index contributed by atoms with van der Waals surface area (Å²) in [7, 11) is -2.68. The van der Waals surface area contributed by atoms with Gasteiger partial charge in [0.05, 0.1) is 10.6 Å². The molecule has 0 aromatic heterocycles. The summed E-state index contributed by atoms with van der Waals surface area (Å²) in [4.78, 5) is 28.9. The third kappa shape index (κ3) is 7.67. The summed E-state index contributed by atoms with van der Waals surface area (Å²) in [5, 5.41) is 3.50. The lowest BCUT2D eigenvalue weighted by Gasteiger charge is -2.33. The number of carbonyl (C=O) groups excluding carboxylic acids is 2. The molecule has 2 amide bonds. The van der Waals surface area contributed by atoms with Crippen LogP contribution in [0.4, 0.5) is 5.69 Å². The maximum atomic E-state index is 14.2. The van der Waals surface area contributed by atoms with Gasteiger partial charge in [-0.25, -0.2) is 8.42 Å². The van der Waals surface area contributed by atoms with Crippen LogP contribution >= 0.6 is 23.2 Å². The molecule has 1 atom stereocenters. The van der Waals surface area contributed by atoms with Gasteiger partial charge in [0.25, 0.3) is 10.0 Å². The first-order chi connectivity index (χ1) is 19.7. The average molecular weight is 611 g/mol. The van der Waals surface area contributed by atoms with Gasteiger partial charge in [0.1, 0.15) is 12.6 Å². The molecule has 212 valence electrons. The van der Waals surface area contributed by atoms with Crippen LogP contribution in [0.1, 0.15) is 11.1 Å². The smallest absolute Gasteiger partial charge is 0.264 e. The molecule has 0 saturated heterocycles. The maximum absolute atomic E-state index is 14.2. The van der Waals surface area contributed by atoms with Crippen LogP contribution in [-0.4, -0.2) is 44.8 Å². The van der Waals surface area contributed by atoms with E-state index < -0.39 is 28.5 Å². The van der Waals surface area contributed by atoms with Crippen molar-refractivity contribution in [3.63, 3.8) is 0 Å². The third-order valence-electron chi connectivity index (χ3n) is 6.49. The van der Waals surface area contributed by atoms with Crippen LogP contribution in [0.25, 0.3) is 0 Å². The van der Waals surface area contributed by atoms with Crippen molar-refractivity contribution in [2.24, 2.45) is 0 Å². The monoisotopic (exact) mass is 609 g/mol. The number of hydrogen-bond acceptors (Lipinski definition) is 4. The Morgan fingerprint density at radius 2 is 1.41 bits per heavy atom. The van der Waals surface area contributed by atoms with Gasteiger partial charge in [-0.2, -0.15) is 0 Å². The van der Waals surface area contributed by atoms with Crippen molar-refractivity contribution in [3.05, 3.63) is 130 Å². The molecule has 0 fully saturated rings. The van der Waals surface area contributed by atoms with Crippen molar-refractivity contribution >= 4 is 50.7 Å². The van der Waals surface area contributed by atoms with E-state index in [0.717, 1.165) is 15.4 Å². The second-order valence-electron chi connectivity index (χ2n) is 9.27. The molecular formula is C31H29Cl2N3O4S. The predicted molar refractivity (Wildman–Crippen MR) is 162 cm³/mol. The lowest BCUT2D eigenvalue weighted by atomic mass is 10.0. The Hall–Kier alpha value is -3.85. The van der Waals surface area contributed by atoms with Crippen molar-refractivity contribution in [2.45, 2.75) is 23.9 Å². The molecule has 0 bridgehead atoms. The highest BCUT2D eigenvalue weighted by Crippen LogP contribution is 2.27. The van der Waals surface area contributed by atoms with Crippen LogP contribution < -0.4 is 9.62 Å². The zero-order valence-corrected chi connectivity index (χ0v) is 24.6. The van der Waals surface area contributed by atoms with E-state index in [2.05, 4.69) is 5.32 Å². The summed E-state index contributed by atoms with van der Waals surface area (Å²) in [5.74, 6) is -0.944. The van der Waals surface area contributed by atoms with Crippen molar-refractivity contribution in [1.29, 1.82) is 0 Å². The van der Waals surface area contributed by atoms with E-state index in [-0.39, 0.29) is 29.5 Å². The number of benzene rings is 4. The summed E-state index contributed by atoms with van der Waals surface area (Å²) in [6.07, 6.45) is 0.225. The molecule has 0 aliphatic carbocycles. The van der Waals surface area contributed by atoms with Crippen molar-refractivity contribution in [1.82, 2.24) is 10.2 Å². The fourth-order valence-corrected chi connectivity index (χ4v) is 6.12. The largest absolute Gasteiger partial charge is 0.357 e. The predicted octanol–water partition coefficient (Wildman–Crippen LogP) is 5.57. The Morgan fingerprint density at radius 1 is 0.780 bits per heavy atom. The lowest BCUT2D eigenvalue weighted by molar-refractivity contribution is -0.139. The quantitative estimate of drug-likeness (QED) is 0.241. The van der Waals surface area contributed by atoms with Crippen LogP contribution in [0, 0.1) is 0 Å². The summed E-state index contributed by atoms with van der Waals surface area (Å²) >= 11 is 12.3. The second-order valence-corrected chi connectivity index (χ2v) is 12.0. The van der Waals surface area contributed by atoms with Gasteiger partial charge in [-0.15, -0.1) is 0 Å². The number of sulfonamides is 1. The van der Waals surface area contributed by atoms with Gasteiger partial charge in [0, 0.05) is 30.1 Å². The molecule has 10 heteroatoms. The molecule has 1 N–H and O–H groups in total. The average Bonchev–Trinajstić information content (AvgIpc) is 2.99. The van der Waals surface area contributed by atoms with Crippen molar-refractivity contribution in [2.75, 3.05) is 17.9 Å².